The number of benzene rings is 3. The number of nitrogens with zero attached hydrogens (tertiary/aromatic N) is 1. The molecular formula is C29H27BrClFN2O6S. The Labute approximate surface area is 251 Å². The first-order valence-electron chi connectivity index (χ1n) is 12.8. The Morgan fingerprint density at radius 1 is 1.20 bits per heavy atom. The highest BCUT2D eigenvalue weighted by atomic mass is 79.9. The number of anilines is 1. The molecule has 0 aliphatic heterocycles. The molecule has 1 aromatic heterocycles. The first kappa shape index (κ1) is 29.5. The van der Waals surface area contributed by atoms with Crippen LogP contribution in [0.3, 0.4) is 0 Å². The summed E-state index contributed by atoms with van der Waals surface area (Å²) in [6.07, 6.45) is 1.79. The maximum absolute atomic E-state index is 13.6. The number of amides is 1. The van der Waals surface area contributed by atoms with Gasteiger partial charge in [0.2, 0.25) is 10.9 Å². The lowest BCUT2D eigenvalue weighted by Gasteiger charge is -2.22. The fourth-order valence-corrected chi connectivity index (χ4v) is 6.02. The maximum Gasteiger partial charge on any atom is 0.255 e. The number of carbonyl (C=O) groups is 1. The minimum atomic E-state index is -3.07. The molecule has 3 aromatic carbocycles. The molecular weight excluding hydrogens is 639 g/mol. The van der Waals surface area contributed by atoms with Gasteiger partial charge in [-0.05, 0) is 87.8 Å². The van der Waals surface area contributed by atoms with Crippen LogP contribution in [0.5, 0.6) is 0 Å². The number of methoxy groups -OCH3 is 1. The smallest absolute Gasteiger partial charge is 0.255 e. The molecule has 216 valence electrons. The van der Waals surface area contributed by atoms with E-state index >= 15 is 0 Å². The van der Waals surface area contributed by atoms with Crippen LogP contribution in [0.1, 0.15) is 45.8 Å². The number of hydrogen-bond donors (Lipinski definition) is 2. The number of ether oxygens (including phenoxy) is 2. The van der Waals surface area contributed by atoms with Gasteiger partial charge >= 0.3 is 0 Å². The largest absolute Gasteiger partial charge is 0.455 e. The molecule has 41 heavy (non-hydrogen) atoms. The van der Waals surface area contributed by atoms with E-state index in [0.717, 1.165) is 24.0 Å². The van der Waals surface area contributed by atoms with Crippen molar-refractivity contribution in [1.29, 1.82) is 0 Å². The third kappa shape index (κ3) is 6.29. The van der Waals surface area contributed by atoms with Crippen molar-refractivity contribution in [1.82, 2.24) is 5.32 Å². The molecule has 0 radical (unpaired) electrons. The van der Waals surface area contributed by atoms with Crippen LogP contribution in [0.25, 0.3) is 22.3 Å². The second-order valence-corrected chi connectivity index (χ2v) is 11.8. The van der Waals surface area contributed by atoms with Crippen molar-refractivity contribution in [3.05, 3.63) is 86.1 Å². The van der Waals surface area contributed by atoms with Gasteiger partial charge in [-0.1, -0.05) is 17.7 Å². The van der Waals surface area contributed by atoms with Crippen molar-refractivity contribution in [2.45, 2.75) is 31.9 Å². The molecule has 1 saturated carbocycles. The zero-order chi connectivity index (χ0) is 29.3. The van der Waals surface area contributed by atoms with Crippen LogP contribution < -0.4 is 9.62 Å². The van der Waals surface area contributed by atoms with E-state index in [9.17, 15) is 17.6 Å². The maximum atomic E-state index is 13.6. The van der Waals surface area contributed by atoms with E-state index in [-0.39, 0.29) is 37.5 Å². The van der Waals surface area contributed by atoms with Crippen molar-refractivity contribution in [2.24, 2.45) is 0 Å². The van der Waals surface area contributed by atoms with E-state index in [4.69, 9.17) is 25.5 Å². The van der Waals surface area contributed by atoms with Gasteiger partial charge in [-0.3, -0.25) is 9.10 Å². The van der Waals surface area contributed by atoms with Gasteiger partial charge in [-0.15, -0.1) is 0 Å². The molecule has 4 aromatic rings. The van der Waals surface area contributed by atoms with Gasteiger partial charge in [0.05, 0.1) is 29.4 Å². The van der Waals surface area contributed by atoms with Crippen molar-refractivity contribution in [3.63, 3.8) is 0 Å². The van der Waals surface area contributed by atoms with E-state index in [1.807, 2.05) is 12.1 Å². The highest BCUT2D eigenvalue weighted by Crippen LogP contribution is 2.48. The van der Waals surface area contributed by atoms with Crippen molar-refractivity contribution in [3.8, 4) is 11.3 Å². The summed E-state index contributed by atoms with van der Waals surface area (Å²) >= 11 is 9.93. The number of halogens is 3. The predicted molar refractivity (Wildman–Crippen MR) is 159 cm³/mol. The summed E-state index contributed by atoms with van der Waals surface area (Å²) in [4.78, 5) is 13.0. The van der Waals surface area contributed by atoms with E-state index < -0.39 is 16.7 Å². The number of furan rings is 1. The summed E-state index contributed by atoms with van der Waals surface area (Å²) in [5, 5.41) is 3.63. The summed E-state index contributed by atoms with van der Waals surface area (Å²) in [7, 11) is -0.0284. The van der Waals surface area contributed by atoms with Crippen LogP contribution in [0.4, 0.5) is 10.1 Å². The molecule has 1 heterocycles. The average Bonchev–Trinajstić information content (AvgIpc) is 3.73. The number of rotatable bonds is 11. The van der Waals surface area contributed by atoms with Gasteiger partial charge in [0.25, 0.3) is 5.91 Å². The van der Waals surface area contributed by atoms with E-state index in [1.54, 1.807) is 12.1 Å². The van der Waals surface area contributed by atoms with Crippen molar-refractivity contribution in [2.75, 3.05) is 25.3 Å². The minimum absolute atomic E-state index is 0.0159. The van der Waals surface area contributed by atoms with Crippen LogP contribution >= 0.6 is 27.5 Å². The molecule has 8 nitrogen and oxygen atoms in total. The third-order valence-corrected chi connectivity index (χ3v) is 9.06. The highest BCUT2D eigenvalue weighted by molar-refractivity contribution is 9.10. The molecule has 0 bridgehead atoms. The first-order valence-corrected chi connectivity index (χ1v) is 15.1. The Bertz CT molecular complexity index is 1680. The van der Waals surface area contributed by atoms with Gasteiger partial charge in [0.1, 0.15) is 24.0 Å². The quantitative estimate of drug-likeness (QED) is 0.107. The average molecular weight is 666 g/mol. The molecule has 5 rings (SSSR count). The Kier molecular flexibility index (Phi) is 9.00. The topological polar surface area (TPSA) is 98.1 Å². The Morgan fingerprint density at radius 3 is 2.56 bits per heavy atom. The zero-order valence-corrected chi connectivity index (χ0v) is 25.4. The van der Waals surface area contributed by atoms with Crippen LogP contribution in [0.15, 0.2) is 57.4 Å². The molecule has 1 N–H and O–H groups in total. The third-order valence-electron chi connectivity index (χ3n) is 6.84. The van der Waals surface area contributed by atoms with Crippen molar-refractivity contribution < 1.29 is 31.5 Å². The predicted octanol–water partition coefficient (Wildman–Crippen LogP) is 6.55. The molecule has 0 spiro atoms. The number of fused-ring (bicyclic) bond motifs is 1. The standard InChI is InChI=1S/C29H27BrClFN2O6S/c1-33-29(35)26-22-11-21(17-3-4-17)24(12-25(22)40-28(26)18-5-7-20(32)8-6-18)34(41(36)37)13-16-9-19(14-39-15-38-2)27(30)23(31)10-16/h5-12,17,41H,3-4,13-15H2,1-2H3,(H,33,35). The van der Waals surface area contributed by atoms with Gasteiger partial charge in [0, 0.05) is 35.6 Å². The van der Waals surface area contributed by atoms with E-state index in [0.29, 0.717) is 42.8 Å². The van der Waals surface area contributed by atoms with E-state index in [1.165, 1.54) is 42.7 Å². The molecule has 0 unspecified atom stereocenters. The summed E-state index contributed by atoms with van der Waals surface area (Å²) in [5.41, 5.74) is 3.85. The molecule has 1 aliphatic rings. The summed E-state index contributed by atoms with van der Waals surface area (Å²) < 4.78 is 57.6. The lowest BCUT2D eigenvalue weighted by Crippen LogP contribution is -2.22. The second-order valence-electron chi connectivity index (χ2n) is 9.67. The fourth-order valence-electron chi connectivity index (χ4n) is 4.79. The molecule has 12 heteroatoms. The normalized spacial score (nSPS) is 13.2. The molecule has 1 aliphatic carbocycles. The number of carbonyl (C=O) groups excluding carboxylic acids is 1. The molecule has 0 saturated heterocycles. The van der Waals surface area contributed by atoms with Crippen LogP contribution in [0.2, 0.25) is 5.02 Å². The van der Waals surface area contributed by atoms with Crippen LogP contribution in [-0.2, 0) is 33.5 Å². The summed E-state index contributed by atoms with van der Waals surface area (Å²) in [6, 6.07) is 12.7. The first-order chi connectivity index (χ1) is 19.7. The second kappa shape index (κ2) is 12.5. The fraction of sp³-hybridized carbons (Fsp3) is 0.276. The van der Waals surface area contributed by atoms with Crippen LogP contribution in [0, 0.1) is 5.82 Å². The monoisotopic (exact) mass is 664 g/mol. The van der Waals surface area contributed by atoms with Crippen LogP contribution in [-0.4, -0.2) is 35.3 Å². The molecule has 0 atom stereocenters. The summed E-state index contributed by atoms with van der Waals surface area (Å²) in [6.45, 7) is 0.326. The van der Waals surface area contributed by atoms with Crippen molar-refractivity contribution >= 4 is 61.0 Å². The van der Waals surface area contributed by atoms with Gasteiger partial charge in [0.15, 0.2) is 0 Å². The Balaban J connectivity index is 1.62. The summed E-state index contributed by atoms with van der Waals surface area (Å²) in [5.74, 6) is -0.366. The SMILES string of the molecule is CNC(=O)c1c(-c2ccc(F)cc2)oc2cc(N(Cc3cc(Cl)c(Br)c(COCOC)c3)[SH](=O)=O)c(C3CC3)cc12. The molecule has 1 amide bonds. The minimum Gasteiger partial charge on any atom is -0.455 e. The number of thiol groups is 1. The number of hydrogen-bond acceptors (Lipinski definition) is 6. The Hall–Kier alpha value is -2.96. The van der Waals surface area contributed by atoms with Gasteiger partial charge in [-0.25, -0.2) is 12.8 Å². The van der Waals surface area contributed by atoms with Gasteiger partial charge in [-0.2, -0.15) is 0 Å². The Morgan fingerprint density at radius 2 is 1.93 bits per heavy atom. The zero-order valence-electron chi connectivity index (χ0n) is 22.2. The highest BCUT2D eigenvalue weighted by Gasteiger charge is 2.32. The number of nitrogens with one attached hydrogen (secondary N) is 1. The van der Waals surface area contributed by atoms with E-state index in [2.05, 4.69) is 21.2 Å². The lowest BCUT2D eigenvalue weighted by molar-refractivity contribution is -0.0392. The van der Waals surface area contributed by atoms with Gasteiger partial charge < -0.3 is 19.2 Å². The lowest BCUT2D eigenvalue weighted by atomic mass is 10.00. The molecule has 1 fully saturated rings.